The first kappa shape index (κ1) is 17.6. The van der Waals surface area contributed by atoms with E-state index in [2.05, 4.69) is 29.7 Å². The second-order valence-corrected chi connectivity index (χ2v) is 6.81. The zero-order chi connectivity index (χ0) is 18.6. The Labute approximate surface area is 164 Å². The second-order valence-electron chi connectivity index (χ2n) is 6.40. The van der Waals surface area contributed by atoms with Crippen molar-refractivity contribution in [1.82, 2.24) is 9.55 Å². The Balaban J connectivity index is 1.62. The van der Waals surface area contributed by atoms with Gasteiger partial charge in [0.2, 0.25) is 0 Å². The Morgan fingerprint density at radius 2 is 1.67 bits per heavy atom. The SMILES string of the molecule is CCc1ccc(OCCn2c(-c3ccccc3Cl)nc3ccccc32)cc1. The van der Waals surface area contributed by atoms with E-state index in [1.807, 2.05) is 54.6 Å². The van der Waals surface area contributed by atoms with Gasteiger partial charge < -0.3 is 9.30 Å². The van der Waals surface area contributed by atoms with Gasteiger partial charge in [0.25, 0.3) is 0 Å². The van der Waals surface area contributed by atoms with Gasteiger partial charge in [-0.1, -0.05) is 54.9 Å². The van der Waals surface area contributed by atoms with Crippen molar-refractivity contribution in [3.8, 4) is 17.1 Å². The van der Waals surface area contributed by atoms with Gasteiger partial charge in [-0.15, -0.1) is 0 Å². The Bertz CT molecular complexity index is 1050. The summed E-state index contributed by atoms with van der Waals surface area (Å²) in [5.74, 6) is 1.75. The molecule has 0 fully saturated rings. The standard InChI is InChI=1S/C23H21ClN2O/c1-2-17-11-13-18(14-12-17)27-16-15-26-22-10-6-5-9-21(22)25-23(26)19-7-3-4-8-20(19)24/h3-14H,2,15-16H2,1H3. The fraction of sp³-hybridized carbons (Fsp3) is 0.174. The maximum absolute atomic E-state index is 6.43. The molecule has 0 amide bonds. The van der Waals surface area contributed by atoms with Crippen LogP contribution in [0, 0.1) is 0 Å². The Morgan fingerprint density at radius 1 is 0.926 bits per heavy atom. The average molecular weight is 377 g/mol. The number of aryl methyl sites for hydroxylation is 1. The van der Waals surface area contributed by atoms with E-state index in [1.54, 1.807) is 0 Å². The summed E-state index contributed by atoms with van der Waals surface area (Å²) in [5, 5.41) is 0.699. The fourth-order valence-electron chi connectivity index (χ4n) is 3.23. The largest absolute Gasteiger partial charge is 0.492 e. The van der Waals surface area contributed by atoms with E-state index >= 15 is 0 Å². The first-order valence-electron chi connectivity index (χ1n) is 9.18. The molecule has 0 saturated carbocycles. The lowest BCUT2D eigenvalue weighted by Crippen LogP contribution is -2.09. The number of aromatic nitrogens is 2. The molecule has 4 rings (SSSR count). The Kier molecular flexibility index (Phi) is 5.12. The lowest BCUT2D eigenvalue weighted by atomic mass is 10.2. The fourth-order valence-corrected chi connectivity index (χ4v) is 3.45. The summed E-state index contributed by atoms with van der Waals surface area (Å²) in [7, 11) is 0. The zero-order valence-corrected chi connectivity index (χ0v) is 16.0. The lowest BCUT2D eigenvalue weighted by Gasteiger charge is -2.12. The Morgan fingerprint density at radius 3 is 2.44 bits per heavy atom. The van der Waals surface area contributed by atoms with E-state index in [0.29, 0.717) is 18.2 Å². The molecule has 0 aliphatic rings. The number of fused-ring (bicyclic) bond motifs is 1. The molecule has 136 valence electrons. The lowest BCUT2D eigenvalue weighted by molar-refractivity contribution is 0.301. The molecule has 0 aliphatic heterocycles. The van der Waals surface area contributed by atoms with Crippen LogP contribution in [0.4, 0.5) is 0 Å². The van der Waals surface area contributed by atoms with Gasteiger partial charge in [-0.2, -0.15) is 0 Å². The molecule has 3 nitrogen and oxygen atoms in total. The molecule has 4 heteroatoms. The third-order valence-corrected chi connectivity index (χ3v) is 5.01. The number of hydrogen-bond acceptors (Lipinski definition) is 2. The van der Waals surface area contributed by atoms with E-state index in [0.717, 1.165) is 34.6 Å². The van der Waals surface area contributed by atoms with Crippen molar-refractivity contribution < 1.29 is 4.74 Å². The van der Waals surface area contributed by atoms with Crippen LogP contribution in [0.25, 0.3) is 22.4 Å². The number of benzene rings is 3. The van der Waals surface area contributed by atoms with Gasteiger partial charge in [0.15, 0.2) is 0 Å². The number of halogens is 1. The van der Waals surface area contributed by atoms with E-state index < -0.39 is 0 Å². The van der Waals surface area contributed by atoms with E-state index in [4.69, 9.17) is 21.3 Å². The van der Waals surface area contributed by atoms with Crippen molar-refractivity contribution in [2.75, 3.05) is 6.61 Å². The summed E-state index contributed by atoms with van der Waals surface area (Å²) in [5.41, 5.74) is 4.28. The molecule has 1 aromatic heterocycles. The highest BCUT2D eigenvalue weighted by atomic mass is 35.5. The molecular weight excluding hydrogens is 356 g/mol. The summed E-state index contributed by atoms with van der Waals surface area (Å²) < 4.78 is 8.14. The minimum atomic E-state index is 0.559. The highest BCUT2D eigenvalue weighted by molar-refractivity contribution is 6.33. The summed E-state index contributed by atoms with van der Waals surface area (Å²) in [6.45, 7) is 3.40. The third-order valence-electron chi connectivity index (χ3n) is 4.68. The van der Waals surface area contributed by atoms with Crippen LogP contribution in [-0.4, -0.2) is 16.2 Å². The summed E-state index contributed by atoms with van der Waals surface area (Å²) >= 11 is 6.43. The van der Waals surface area contributed by atoms with Gasteiger partial charge in [0.1, 0.15) is 18.2 Å². The number of nitrogens with zero attached hydrogens (tertiary/aromatic N) is 2. The van der Waals surface area contributed by atoms with Crippen LogP contribution in [0.1, 0.15) is 12.5 Å². The average Bonchev–Trinajstić information content (AvgIpc) is 3.07. The summed E-state index contributed by atoms with van der Waals surface area (Å²) in [6, 6.07) is 24.2. The molecule has 0 saturated heterocycles. The molecule has 1 heterocycles. The van der Waals surface area contributed by atoms with Crippen LogP contribution < -0.4 is 4.74 Å². The van der Waals surface area contributed by atoms with Crippen molar-refractivity contribution in [3.63, 3.8) is 0 Å². The minimum Gasteiger partial charge on any atom is -0.492 e. The maximum atomic E-state index is 6.43. The molecule has 3 aromatic carbocycles. The zero-order valence-electron chi connectivity index (χ0n) is 15.2. The summed E-state index contributed by atoms with van der Waals surface area (Å²) in [4.78, 5) is 4.82. The van der Waals surface area contributed by atoms with Crippen LogP contribution in [0.2, 0.25) is 5.02 Å². The third kappa shape index (κ3) is 3.69. The van der Waals surface area contributed by atoms with Crippen LogP contribution in [0.3, 0.4) is 0 Å². The molecule has 27 heavy (non-hydrogen) atoms. The molecule has 0 aliphatic carbocycles. The van der Waals surface area contributed by atoms with Crippen molar-refractivity contribution in [3.05, 3.63) is 83.4 Å². The molecule has 4 aromatic rings. The van der Waals surface area contributed by atoms with Crippen molar-refractivity contribution in [2.45, 2.75) is 19.9 Å². The van der Waals surface area contributed by atoms with Gasteiger partial charge in [-0.25, -0.2) is 4.98 Å². The highest BCUT2D eigenvalue weighted by Gasteiger charge is 2.14. The van der Waals surface area contributed by atoms with Crippen LogP contribution >= 0.6 is 11.6 Å². The van der Waals surface area contributed by atoms with Crippen molar-refractivity contribution in [2.24, 2.45) is 0 Å². The first-order chi connectivity index (χ1) is 13.3. The van der Waals surface area contributed by atoms with Gasteiger partial charge in [0, 0.05) is 5.56 Å². The van der Waals surface area contributed by atoms with Gasteiger partial charge in [-0.05, 0) is 48.4 Å². The smallest absolute Gasteiger partial charge is 0.142 e. The quantitative estimate of drug-likeness (QED) is 0.412. The van der Waals surface area contributed by atoms with Crippen molar-refractivity contribution >= 4 is 22.6 Å². The predicted octanol–water partition coefficient (Wildman–Crippen LogP) is 6.00. The van der Waals surface area contributed by atoms with Crippen LogP contribution in [0.15, 0.2) is 72.8 Å². The molecule has 0 unspecified atom stereocenters. The maximum Gasteiger partial charge on any atom is 0.142 e. The van der Waals surface area contributed by atoms with E-state index in [-0.39, 0.29) is 0 Å². The Hall–Kier alpha value is -2.78. The normalized spacial score (nSPS) is 11.0. The predicted molar refractivity (Wildman–Crippen MR) is 111 cm³/mol. The minimum absolute atomic E-state index is 0.559. The van der Waals surface area contributed by atoms with E-state index in [9.17, 15) is 0 Å². The molecule has 0 bridgehead atoms. The van der Waals surface area contributed by atoms with Gasteiger partial charge >= 0.3 is 0 Å². The topological polar surface area (TPSA) is 27.1 Å². The van der Waals surface area contributed by atoms with Crippen LogP contribution in [0.5, 0.6) is 5.75 Å². The molecule has 0 spiro atoms. The van der Waals surface area contributed by atoms with Gasteiger partial charge in [0.05, 0.1) is 22.6 Å². The highest BCUT2D eigenvalue weighted by Crippen LogP contribution is 2.30. The molecule has 0 atom stereocenters. The number of imidazole rings is 1. The second kappa shape index (κ2) is 7.85. The summed E-state index contributed by atoms with van der Waals surface area (Å²) in [6.07, 6.45) is 1.03. The molecular formula is C23H21ClN2O. The molecule has 0 N–H and O–H groups in total. The molecule has 0 radical (unpaired) electrons. The van der Waals surface area contributed by atoms with Crippen LogP contribution in [-0.2, 0) is 13.0 Å². The number of para-hydroxylation sites is 2. The number of hydrogen-bond donors (Lipinski definition) is 0. The monoisotopic (exact) mass is 376 g/mol. The van der Waals surface area contributed by atoms with Crippen molar-refractivity contribution in [1.29, 1.82) is 0 Å². The van der Waals surface area contributed by atoms with Gasteiger partial charge in [-0.3, -0.25) is 0 Å². The first-order valence-corrected chi connectivity index (χ1v) is 9.56. The van der Waals surface area contributed by atoms with E-state index in [1.165, 1.54) is 5.56 Å². The number of ether oxygens (including phenoxy) is 1. The number of rotatable bonds is 6.